The first-order valence-corrected chi connectivity index (χ1v) is 15.4. The highest BCUT2D eigenvalue weighted by molar-refractivity contribution is 5.72. The number of allylic oxidation sites excluding steroid dienone is 2. The van der Waals surface area contributed by atoms with Gasteiger partial charge in [-0.15, -0.1) is 0 Å². The lowest BCUT2D eigenvalue weighted by Crippen LogP contribution is -2.50. The summed E-state index contributed by atoms with van der Waals surface area (Å²) in [6, 6.07) is 0. The number of carbonyl (C=O) groups is 2. The van der Waals surface area contributed by atoms with Gasteiger partial charge in [-0.05, 0) is 98.9 Å². The van der Waals surface area contributed by atoms with Crippen molar-refractivity contribution < 1.29 is 19.1 Å². The van der Waals surface area contributed by atoms with Gasteiger partial charge in [0.2, 0.25) is 5.91 Å². The Hall–Kier alpha value is -1.78. The molecule has 1 aliphatic heterocycles. The highest BCUT2D eigenvalue weighted by Gasteiger charge is 2.67. The fourth-order valence-electron chi connectivity index (χ4n) is 9.96. The van der Waals surface area contributed by atoms with E-state index < -0.39 is 0 Å². The highest BCUT2D eigenvalue weighted by Crippen LogP contribution is 2.71. The molecule has 0 spiro atoms. The number of fused-ring (bicyclic) bond motifs is 7. The molecule has 0 aromatic heterocycles. The number of hydrogen-bond donors (Lipinski definition) is 1. The monoisotopic (exact) mass is 525 g/mol. The van der Waals surface area contributed by atoms with Gasteiger partial charge in [-0.2, -0.15) is 0 Å². The van der Waals surface area contributed by atoms with E-state index in [0.29, 0.717) is 29.6 Å². The standard InChI is InChI=1S/C33H51NO4/c1-8-29(36)37-24-13-15-31(5)23(17-24)10-11-25-26(31)14-16-32(6)27(25)18-33(7)30(32)21(3)28(38-33)12-9-20(2)19-34-22(4)35/h10,20,24-27,30H,8-9,11-19H2,1-7H3,(H,34,35)/t20?,24?,25?,26?,27?,30?,31-,32-,33?/m0/s1. The van der Waals surface area contributed by atoms with Crippen molar-refractivity contribution in [3.05, 3.63) is 23.0 Å². The van der Waals surface area contributed by atoms with Crippen molar-refractivity contribution in [3.8, 4) is 0 Å². The van der Waals surface area contributed by atoms with Crippen molar-refractivity contribution in [1.82, 2.24) is 5.32 Å². The second-order valence-corrected chi connectivity index (χ2v) is 14.3. The van der Waals surface area contributed by atoms with E-state index in [4.69, 9.17) is 9.47 Å². The van der Waals surface area contributed by atoms with E-state index in [2.05, 4.69) is 46.0 Å². The maximum atomic E-state index is 11.9. The van der Waals surface area contributed by atoms with Gasteiger partial charge in [-0.3, -0.25) is 9.59 Å². The maximum Gasteiger partial charge on any atom is 0.305 e. The average Bonchev–Trinajstić information content (AvgIpc) is 3.27. The first-order chi connectivity index (χ1) is 17.9. The number of esters is 1. The summed E-state index contributed by atoms with van der Waals surface area (Å²) in [4.78, 5) is 23.2. The lowest BCUT2D eigenvalue weighted by atomic mass is 9.47. The maximum absolute atomic E-state index is 11.9. The molecular formula is C33H51NO4. The molecule has 5 aliphatic rings. The molecule has 9 atom stereocenters. The van der Waals surface area contributed by atoms with Crippen LogP contribution in [0.5, 0.6) is 0 Å². The summed E-state index contributed by atoms with van der Waals surface area (Å²) in [5.41, 5.74) is 3.51. The molecular weight excluding hydrogens is 474 g/mol. The molecule has 7 unspecified atom stereocenters. The van der Waals surface area contributed by atoms with E-state index in [-0.39, 0.29) is 29.0 Å². The van der Waals surface area contributed by atoms with Crippen LogP contribution in [0, 0.1) is 40.4 Å². The van der Waals surface area contributed by atoms with Gasteiger partial charge in [0.15, 0.2) is 0 Å². The van der Waals surface area contributed by atoms with Crippen LogP contribution in [0.1, 0.15) is 113 Å². The van der Waals surface area contributed by atoms with Crippen LogP contribution in [0.2, 0.25) is 0 Å². The van der Waals surface area contributed by atoms with Gasteiger partial charge >= 0.3 is 5.97 Å². The molecule has 0 aromatic carbocycles. The molecule has 5 rings (SSSR count). The molecule has 0 aromatic rings. The zero-order chi connectivity index (χ0) is 27.5. The topological polar surface area (TPSA) is 64.6 Å². The number of carbonyl (C=O) groups excluding carboxylic acids is 2. The Morgan fingerprint density at radius 1 is 1.18 bits per heavy atom. The second-order valence-electron chi connectivity index (χ2n) is 14.3. The SMILES string of the molecule is CCC(=O)OC1CC[C@@]2(C)C(=CCC3C4CC5(C)OC(CCC(C)CNC(C)=O)=C(C)C5[C@@]4(C)CCC32)C1. The Bertz CT molecular complexity index is 1030. The number of rotatable bonds is 7. The molecule has 1 amide bonds. The fourth-order valence-corrected chi connectivity index (χ4v) is 9.96. The van der Waals surface area contributed by atoms with Crippen LogP contribution >= 0.6 is 0 Å². The zero-order valence-electron chi connectivity index (χ0n) is 25.0. The third-order valence-corrected chi connectivity index (χ3v) is 11.8. The molecule has 4 aliphatic carbocycles. The number of ether oxygens (including phenoxy) is 2. The minimum Gasteiger partial charge on any atom is -0.491 e. The van der Waals surface area contributed by atoms with Gasteiger partial charge in [0.05, 0.1) is 5.76 Å². The zero-order valence-corrected chi connectivity index (χ0v) is 25.0. The van der Waals surface area contributed by atoms with Gasteiger partial charge < -0.3 is 14.8 Å². The molecule has 0 saturated heterocycles. The van der Waals surface area contributed by atoms with Gasteiger partial charge in [-0.1, -0.05) is 39.3 Å². The first-order valence-electron chi connectivity index (χ1n) is 15.4. The lowest BCUT2D eigenvalue weighted by Gasteiger charge is -2.58. The molecule has 3 saturated carbocycles. The molecule has 1 N–H and O–H groups in total. The van der Waals surface area contributed by atoms with Crippen LogP contribution in [-0.4, -0.2) is 30.1 Å². The van der Waals surface area contributed by atoms with Crippen LogP contribution in [-0.2, 0) is 19.1 Å². The normalized spacial score (nSPS) is 42.2. The van der Waals surface area contributed by atoms with Crippen molar-refractivity contribution >= 4 is 11.9 Å². The molecule has 38 heavy (non-hydrogen) atoms. The minimum atomic E-state index is -0.0918. The summed E-state index contributed by atoms with van der Waals surface area (Å²) in [5, 5.41) is 2.96. The van der Waals surface area contributed by atoms with Crippen molar-refractivity contribution in [1.29, 1.82) is 0 Å². The van der Waals surface area contributed by atoms with Gasteiger partial charge in [0.25, 0.3) is 0 Å². The van der Waals surface area contributed by atoms with E-state index in [1.165, 1.54) is 30.6 Å². The highest BCUT2D eigenvalue weighted by atomic mass is 16.5. The molecule has 3 fully saturated rings. The third-order valence-electron chi connectivity index (χ3n) is 11.8. The Morgan fingerprint density at radius 3 is 2.66 bits per heavy atom. The predicted molar refractivity (Wildman–Crippen MR) is 150 cm³/mol. The first kappa shape index (κ1) is 27.8. The number of amides is 1. The largest absolute Gasteiger partial charge is 0.491 e. The van der Waals surface area contributed by atoms with Crippen LogP contribution in [0.4, 0.5) is 0 Å². The Kier molecular flexibility index (Phi) is 7.31. The lowest BCUT2D eigenvalue weighted by molar-refractivity contribution is -0.151. The van der Waals surface area contributed by atoms with Crippen molar-refractivity contribution in [2.75, 3.05) is 6.54 Å². The fraction of sp³-hybridized carbons (Fsp3) is 0.818. The van der Waals surface area contributed by atoms with Crippen molar-refractivity contribution in [3.63, 3.8) is 0 Å². The molecule has 5 nitrogen and oxygen atoms in total. The summed E-state index contributed by atoms with van der Waals surface area (Å²) < 4.78 is 12.7. The molecule has 5 heteroatoms. The van der Waals surface area contributed by atoms with Gasteiger partial charge in [-0.25, -0.2) is 0 Å². The van der Waals surface area contributed by atoms with E-state index in [0.717, 1.165) is 56.9 Å². The van der Waals surface area contributed by atoms with E-state index in [1.54, 1.807) is 12.5 Å². The molecule has 0 radical (unpaired) electrons. The second kappa shape index (κ2) is 10.0. The Labute approximate surface area is 230 Å². The molecule has 212 valence electrons. The minimum absolute atomic E-state index is 0.0486. The number of nitrogens with one attached hydrogen (secondary N) is 1. The summed E-state index contributed by atoms with van der Waals surface area (Å²) >= 11 is 0. The van der Waals surface area contributed by atoms with Crippen LogP contribution in [0.25, 0.3) is 0 Å². The van der Waals surface area contributed by atoms with Gasteiger partial charge in [0, 0.05) is 38.6 Å². The van der Waals surface area contributed by atoms with E-state index >= 15 is 0 Å². The molecule has 1 heterocycles. The Balaban J connectivity index is 1.31. The summed E-state index contributed by atoms with van der Waals surface area (Å²) in [7, 11) is 0. The Morgan fingerprint density at radius 2 is 1.95 bits per heavy atom. The molecule has 0 bridgehead atoms. The average molecular weight is 526 g/mol. The summed E-state index contributed by atoms with van der Waals surface area (Å²) in [6.45, 7) is 16.3. The third kappa shape index (κ3) is 4.54. The predicted octanol–water partition coefficient (Wildman–Crippen LogP) is 7.11. The van der Waals surface area contributed by atoms with E-state index in [9.17, 15) is 9.59 Å². The summed E-state index contributed by atoms with van der Waals surface area (Å²) in [5.74, 6) is 4.30. The van der Waals surface area contributed by atoms with Crippen LogP contribution in [0.15, 0.2) is 23.0 Å². The number of hydrogen-bond acceptors (Lipinski definition) is 4. The van der Waals surface area contributed by atoms with Crippen molar-refractivity contribution in [2.24, 2.45) is 40.4 Å². The van der Waals surface area contributed by atoms with E-state index in [1.807, 2.05) is 6.92 Å². The summed E-state index contributed by atoms with van der Waals surface area (Å²) in [6.07, 6.45) is 13.1. The van der Waals surface area contributed by atoms with Crippen LogP contribution in [0.3, 0.4) is 0 Å². The quantitative estimate of drug-likeness (QED) is 0.284. The van der Waals surface area contributed by atoms with Crippen molar-refractivity contribution in [2.45, 2.75) is 124 Å². The van der Waals surface area contributed by atoms with Crippen LogP contribution < -0.4 is 5.32 Å². The smallest absolute Gasteiger partial charge is 0.305 e. The van der Waals surface area contributed by atoms with Gasteiger partial charge in [0.1, 0.15) is 11.7 Å².